The summed E-state index contributed by atoms with van der Waals surface area (Å²) in [6.07, 6.45) is 9.06. The van der Waals surface area contributed by atoms with Crippen molar-refractivity contribution in [2.45, 2.75) is 71.3 Å². The van der Waals surface area contributed by atoms with E-state index >= 15 is 0 Å². The number of hydrogen-bond acceptors (Lipinski definition) is 2. The van der Waals surface area contributed by atoms with Crippen LogP contribution in [0.25, 0.3) is 0 Å². The maximum Gasteiger partial charge on any atom is 0.223 e. The van der Waals surface area contributed by atoms with Gasteiger partial charge >= 0.3 is 0 Å². The number of hydrogen-bond donors (Lipinski definition) is 1. The van der Waals surface area contributed by atoms with Crippen LogP contribution < -0.4 is 5.73 Å². The van der Waals surface area contributed by atoms with E-state index < -0.39 is 0 Å². The molecule has 4 heteroatoms. The third-order valence-electron chi connectivity index (χ3n) is 5.29. The summed E-state index contributed by atoms with van der Waals surface area (Å²) in [4.78, 5) is 14.8. The molecule has 2 aliphatic rings. The fourth-order valence-corrected chi connectivity index (χ4v) is 4.02. The van der Waals surface area contributed by atoms with Crippen molar-refractivity contribution in [1.29, 1.82) is 0 Å². The van der Waals surface area contributed by atoms with Gasteiger partial charge in [0.1, 0.15) is 0 Å². The highest BCUT2D eigenvalue weighted by Gasteiger charge is 2.38. The van der Waals surface area contributed by atoms with Gasteiger partial charge in [-0.25, -0.2) is 0 Å². The highest BCUT2D eigenvalue weighted by Crippen LogP contribution is 2.39. The maximum absolute atomic E-state index is 12.7. The van der Waals surface area contributed by atoms with Crippen molar-refractivity contribution in [2.75, 3.05) is 13.1 Å². The van der Waals surface area contributed by atoms with Gasteiger partial charge in [-0.3, -0.25) is 4.79 Å². The van der Waals surface area contributed by atoms with Crippen LogP contribution in [0.3, 0.4) is 0 Å². The zero-order valence-corrected chi connectivity index (χ0v) is 13.9. The molecule has 0 bridgehead atoms. The summed E-state index contributed by atoms with van der Waals surface area (Å²) < 4.78 is 0. The Morgan fingerprint density at radius 1 is 1.30 bits per heavy atom. The molecular weight excluding hydrogens is 272 g/mol. The van der Waals surface area contributed by atoms with Crippen LogP contribution in [0, 0.1) is 11.3 Å². The van der Waals surface area contributed by atoms with Gasteiger partial charge in [-0.2, -0.15) is 0 Å². The second-order valence-corrected chi connectivity index (χ2v) is 6.89. The summed E-state index contributed by atoms with van der Waals surface area (Å²) >= 11 is 0. The molecule has 1 heterocycles. The fourth-order valence-electron chi connectivity index (χ4n) is 4.02. The molecule has 0 aromatic carbocycles. The molecule has 2 unspecified atom stereocenters. The molecule has 1 aliphatic carbocycles. The summed E-state index contributed by atoms with van der Waals surface area (Å²) in [6, 6.07) is 0.473. The molecule has 1 amide bonds. The van der Waals surface area contributed by atoms with E-state index in [1.54, 1.807) is 0 Å². The van der Waals surface area contributed by atoms with Crippen LogP contribution in [0.2, 0.25) is 0 Å². The largest absolute Gasteiger partial charge is 0.339 e. The third kappa shape index (κ3) is 3.88. The highest BCUT2D eigenvalue weighted by atomic mass is 35.5. The van der Waals surface area contributed by atoms with E-state index in [1.165, 1.54) is 25.7 Å². The number of amides is 1. The van der Waals surface area contributed by atoms with Crippen LogP contribution in [0.15, 0.2) is 0 Å². The van der Waals surface area contributed by atoms with Crippen molar-refractivity contribution < 1.29 is 4.79 Å². The number of nitrogens with zero attached hydrogens (tertiary/aromatic N) is 1. The smallest absolute Gasteiger partial charge is 0.223 e. The van der Waals surface area contributed by atoms with Crippen LogP contribution in [0.1, 0.15) is 65.2 Å². The molecule has 2 N–H and O–H groups in total. The van der Waals surface area contributed by atoms with Gasteiger partial charge in [-0.1, -0.05) is 33.1 Å². The molecule has 0 aromatic rings. The summed E-state index contributed by atoms with van der Waals surface area (Å²) in [6.45, 7) is 6.09. The summed E-state index contributed by atoms with van der Waals surface area (Å²) in [5.74, 6) is 1.03. The number of halogens is 1. The molecule has 2 rings (SSSR count). The van der Waals surface area contributed by atoms with Crippen molar-refractivity contribution in [3.8, 4) is 0 Å². The predicted molar refractivity (Wildman–Crippen MR) is 86.0 cm³/mol. The van der Waals surface area contributed by atoms with Gasteiger partial charge in [-0.15, -0.1) is 12.4 Å². The van der Waals surface area contributed by atoms with Gasteiger partial charge < -0.3 is 10.6 Å². The minimum Gasteiger partial charge on any atom is -0.339 e. The monoisotopic (exact) mass is 302 g/mol. The Bertz CT molecular complexity index is 316. The zero-order chi connectivity index (χ0) is 13.9. The van der Waals surface area contributed by atoms with Gasteiger partial charge in [0, 0.05) is 19.0 Å². The SMILES string of the molecule is CCC1CC(C)CN1C(=O)CC1(CN)CCCCC1.Cl. The zero-order valence-electron chi connectivity index (χ0n) is 13.1. The molecule has 118 valence electrons. The minimum atomic E-state index is 0. The summed E-state index contributed by atoms with van der Waals surface area (Å²) in [7, 11) is 0. The Morgan fingerprint density at radius 3 is 2.50 bits per heavy atom. The van der Waals surface area contributed by atoms with E-state index in [0.717, 1.165) is 25.8 Å². The Morgan fingerprint density at radius 2 is 1.95 bits per heavy atom. The Balaban J connectivity index is 0.00000200. The molecule has 0 aromatic heterocycles. The van der Waals surface area contributed by atoms with E-state index in [4.69, 9.17) is 5.73 Å². The first-order valence-corrected chi connectivity index (χ1v) is 8.10. The van der Waals surface area contributed by atoms with Crippen molar-refractivity contribution in [3.63, 3.8) is 0 Å². The fraction of sp³-hybridized carbons (Fsp3) is 0.938. The molecule has 3 nitrogen and oxygen atoms in total. The van der Waals surface area contributed by atoms with Crippen LogP contribution >= 0.6 is 12.4 Å². The van der Waals surface area contributed by atoms with Gasteiger partial charge in [0.2, 0.25) is 5.91 Å². The molecule has 2 fully saturated rings. The maximum atomic E-state index is 12.7. The average molecular weight is 303 g/mol. The molecule has 1 saturated carbocycles. The van der Waals surface area contributed by atoms with Crippen LogP contribution in [0.5, 0.6) is 0 Å². The lowest BCUT2D eigenvalue weighted by Gasteiger charge is -2.37. The summed E-state index contributed by atoms with van der Waals surface area (Å²) in [5.41, 5.74) is 6.12. The van der Waals surface area contributed by atoms with Crippen molar-refractivity contribution >= 4 is 18.3 Å². The highest BCUT2D eigenvalue weighted by molar-refractivity contribution is 5.85. The first-order valence-electron chi connectivity index (χ1n) is 8.10. The molecule has 20 heavy (non-hydrogen) atoms. The Hall–Kier alpha value is -0.280. The van der Waals surface area contributed by atoms with E-state index in [1.807, 2.05) is 0 Å². The molecule has 0 spiro atoms. The second-order valence-electron chi connectivity index (χ2n) is 6.89. The molecule has 1 saturated heterocycles. The quantitative estimate of drug-likeness (QED) is 0.865. The van der Waals surface area contributed by atoms with Crippen LogP contribution in [-0.2, 0) is 4.79 Å². The molecule has 2 atom stereocenters. The van der Waals surface area contributed by atoms with E-state index in [0.29, 0.717) is 30.8 Å². The van der Waals surface area contributed by atoms with Gasteiger partial charge in [-0.05, 0) is 43.6 Å². The van der Waals surface area contributed by atoms with Crippen molar-refractivity contribution in [2.24, 2.45) is 17.1 Å². The van der Waals surface area contributed by atoms with Gasteiger partial charge in [0.25, 0.3) is 0 Å². The van der Waals surface area contributed by atoms with E-state index in [9.17, 15) is 4.79 Å². The molecule has 1 aliphatic heterocycles. The number of nitrogens with two attached hydrogens (primary N) is 1. The number of carbonyl (C=O) groups excluding carboxylic acids is 1. The summed E-state index contributed by atoms with van der Waals surface area (Å²) in [5, 5.41) is 0. The lowest BCUT2D eigenvalue weighted by molar-refractivity contribution is -0.135. The topological polar surface area (TPSA) is 46.3 Å². The molecule has 0 radical (unpaired) electrons. The minimum absolute atomic E-state index is 0. The molecular formula is C16H31ClN2O. The third-order valence-corrected chi connectivity index (χ3v) is 5.29. The van der Waals surface area contributed by atoms with E-state index in [-0.39, 0.29) is 17.8 Å². The van der Waals surface area contributed by atoms with Gasteiger partial charge in [0.05, 0.1) is 0 Å². The normalized spacial score (nSPS) is 29.1. The van der Waals surface area contributed by atoms with Crippen LogP contribution in [0.4, 0.5) is 0 Å². The van der Waals surface area contributed by atoms with Crippen molar-refractivity contribution in [3.05, 3.63) is 0 Å². The Labute approximate surface area is 130 Å². The first-order chi connectivity index (χ1) is 9.10. The van der Waals surface area contributed by atoms with Crippen LogP contribution in [-0.4, -0.2) is 29.9 Å². The second kappa shape index (κ2) is 7.65. The Kier molecular flexibility index (Phi) is 6.80. The number of carbonyl (C=O) groups is 1. The lowest BCUT2D eigenvalue weighted by atomic mass is 9.71. The van der Waals surface area contributed by atoms with Gasteiger partial charge in [0.15, 0.2) is 0 Å². The predicted octanol–water partition coefficient (Wildman–Crippen LogP) is 3.35. The van der Waals surface area contributed by atoms with Crippen molar-refractivity contribution in [1.82, 2.24) is 4.90 Å². The number of likely N-dealkylation sites (tertiary alicyclic amines) is 1. The van der Waals surface area contributed by atoms with E-state index in [2.05, 4.69) is 18.7 Å². The average Bonchev–Trinajstić information content (AvgIpc) is 2.81. The standard InChI is InChI=1S/C16H30N2O.ClH/c1-3-14-9-13(2)11-18(14)15(19)10-16(12-17)7-5-4-6-8-16;/h13-14H,3-12,17H2,1-2H3;1H. The first kappa shape index (κ1) is 17.8. The lowest BCUT2D eigenvalue weighted by Crippen LogP contribution is -2.42. The number of rotatable bonds is 4.